The molecule has 122 valence electrons. The summed E-state index contributed by atoms with van der Waals surface area (Å²) in [6, 6.07) is 15.3. The molecule has 4 heteroatoms. The summed E-state index contributed by atoms with van der Waals surface area (Å²) in [4.78, 5) is 14.6. The van der Waals surface area contributed by atoms with Crippen LogP contribution in [0.1, 0.15) is 35.3 Å². The summed E-state index contributed by atoms with van der Waals surface area (Å²) in [5.41, 5.74) is 2.89. The first-order chi connectivity index (χ1) is 11.2. The second-order valence-electron chi connectivity index (χ2n) is 5.39. The predicted molar refractivity (Wildman–Crippen MR) is 95.7 cm³/mol. The first-order valence-corrected chi connectivity index (χ1v) is 8.35. The Hall–Kier alpha value is -1.84. The van der Waals surface area contributed by atoms with Gasteiger partial charge in [0.15, 0.2) is 0 Å². The Morgan fingerprint density at radius 2 is 1.61 bits per heavy atom. The van der Waals surface area contributed by atoms with Crippen LogP contribution in [0.25, 0.3) is 0 Å². The van der Waals surface area contributed by atoms with E-state index in [-0.39, 0.29) is 5.91 Å². The van der Waals surface area contributed by atoms with Gasteiger partial charge >= 0.3 is 0 Å². The minimum atomic E-state index is -0.145. The molecule has 0 atom stereocenters. The molecule has 0 aliphatic rings. The van der Waals surface area contributed by atoms with E-state index in [1.165, 1.54) is 5.56 Å². The maximum Gasteiger partial charge on any atom is 0.253 e. The van der Waals surface area contributed by atoms with Crippen LogP contribution in [0, 0.1) is 0 Å². The largest absolute Gasteiger partial charge is 0.348 e. The van der Waals surface area contributed by atoms with E-state index in [4.69, 9.17) is 11.6 Å². The van der Waals surface area contributed by atoms with Crippen LogP contribution < -0.4 is 5.32 Å². The summed E-state index contributed by atoms with van der Waals surface area (Å²) >= 11 is 6.07. The van der Waals surface area contributed by atoms with Crippen molar-refractivity contribution >= 4 is 17.5 Å². The molecule has 3 nitrogen and oxygen atoms in total. The van der Waals surface area contributed by atoms with E-state index in [9.17, 15) is 4.79 Å². The zero-order chi connectivity index (χ0) is 16.7. The number of hydrogen-bond donors (Lipinski definition) is 1. The van der Waals surface area contributed by atoms with Gasteiger partial charge in [-0.3, -0.25) is 9.69 Å². The van der Waals surface area contributed by atoms with Crippen molar-refractivity contribution in [3.63, 3.8) is 0 Å². The average Bonchev–Trinajstić information content (AvgIpc) is 2.58. The van der Waals surface area contributed by atoms with E-state index in [0.717, 1.165) is 25.2 Å². The van der Waals surface area contributed by atoms with Gasteiger partial charge in [0.1, 0.15) is 0 Å². The Labute approximate surface area is 143 Å². The summed E-state index contributed by atoms with van der Waals surface area (Å²) in [7, 11) is 0. The number of rotatable bonds is 7. The topological polar surface area (TPSA) is 32.3 Å². The monoisotopic (exact) mass is 330 g/mol. The van der Waals surface area contributed by atoms with Gasteiger partial charge in [0.25, 0.3) is 5.91 Å². The minimum Gasteiger partial charge on any atom is -0.348 e. The Morgan fingerprint density at radius 1 is 1.00 bits per heavy atom. The summed E-state index contributed by atoms with van der Waals surface area (Å²) in [5.74, 6) is -0.145. The smallest absolute Gasteiger partial charge is 0.253 e. The number of hydrogen-bond acceptors (Lipinski definition) is 2. The maximum atomic E-state index is 12.3. The zero-order valence-corrected chi connectivity index (χ0v) is 14.4. The van der Waals surface area contributed by atoms with Gasteiger partial charge in [0, 0.05) is 13.1 Å². The van der Waals surface area contributed by atoms with Crippen LogP contribution in [0.4, 0.5) is 0 Å². The molecular weight excluding hydrogens is 308 g/mol. The maximum absolute atomic E-state index is 12.3. The van der Waals surface area contributed by atoms with Crippen molar-refractivity contribution in [2.24, 2.45) is 0 Å². The molecule has 0 aliphatic heterocycles. The molecule has 2 aromatic rings. The molecule has 1 N–H and O–H groups in total. The van der Waals surface area contributed by atoms with Crippen molar-refractivity contribution in [1.29, 1.82) is 0 Å². The first kappa shape index (κ1) is 17.5. The molecule has 1 amide bonds. The number of nitrogens with one attached hydrogen (secondary N) is 1. The lowest BCUT2D eigenvalue weighted by Crippen LogP contribution is -2.26. The number of amides is 1. The highest BCUT2D eigenvalue weighted by Gasteiger charge is 2.11. The number of nitrogens with zero attached hydrogens (tertiary/aromatic N) is 1. The fraction of sp³-hybridized carbons (Fsp3) is 0.316. The van der Waals surface area contributed by atoms with E-state index >= 15 is 0 Å². The number of carbonyl (C=O) groups excluding carboxylic acids is 1. The lowest BCUT2D eigenvalue weighted by Gasteiger charge is -2.20. The summed E-state index contributed by atoms with van der Waals surface area (Å²) in [5, 5.41) is 3.44. The third-order valence-corrected chi connectivity index (χ3v) is 4.29. The van der Waals surface area contributed by atoms with E-state index in [0.29, 0.717) is 17.1 Å². The first-order valence-electron chi connectivity index (χ1n) is 7.97. The van der Waals surface area contributed by atoms with Gasteiger partial charge in [0.2, 0.25) is 0 Å². The molecule has 0 bridgehead atoms. The second kappa shape index (κ2) is 8.70. The number of halogens is 1. The van der Waals surface area contributed by atoms with Crippen molar-refractivity contribution < 1.29 is 4.79 Å². The van der Waals surface area contributed by atoms with E-state index in [1.807, 2.05) is 24.3 Å². The fourth-order valence-corrected chi connectivity index (χ4v) is 2.71. The molecule has 0 spiro atoms. The van der Waals surface area contributed by atoms with Crippen LogP contribution in [0.15, 0.2) is 48.5 Å². The Morgan fingerprint density at radius 3 is 2.26 bits per heavy atom. The van der Waals surface area contributed by atoms with Gasteiger partial charge in [-0.15, -0.1) is 0 Å². The predicted octanol–water partition coefficient (Wildman–Crippen LogP) is 4.11. The average molecular weight is 331 g/mol. The van der Waals surface area contributed by atoms with Crippen molar-refractivity contribution in [1.82, 2.24) is 10.2 Å². The van der Waals surface area contributed by atoms with E-state index < -0.39 is 0 Å². The van der Waals surface area contributed by atoms with Crippen LogP contribution >= 0.6 is 11.6 Å². The quantitative estimate of drug-likeness (QED) is 0.828. The molecule has 0 unspecified atom stereocenters. The van der Waals surface area contributed by atoms with Crippen LogP contribution in [0.2, 0.25) is 5.02 Å². The standard InChI is InChI=1S/C19H23ClN2O/c1-3-22(4-2)14-16-10-6-5-9-15(16)13-21-19(23)17-11-7-8-12-18(17)20/h5-12H,3-4,13-14H2,1-2H3,(H,21,23). The second-order valence-corrected chi connectivity index (χ2v) is 5.80. The summed E-state index contributed by atoms with van der Waals surface area (Å²) in [6.45, 7) is 7.73. The lowest BCUT2D eigenvalue weighted by molar-refractivity contribution is 0.0951. The molecule has 0 fully saturated rings. The van der Waals surface area contributed by atoms with Gasteiger partial charge in [-0.2, -0.15) is 0 Å². The van der Waals surface area contributed by atoms with Gasteiger partial charge < -0.3 is 5.32 Å². The Balaban J connectivity index is 2.06. The highest BCUT2D eigenvalue weighted by Crippen LogP contribution is 2.16. The summed E-state index contributed by atoms with van der Waals surface area (Å²) < 4.78 is 0. The SMILES string of the molecule is CCN(CC)Cc1ccccc1CNC(=O)c1ccccc1Cl. The van der Waals surface area contributed by atoms with Crippen molar-refractivity contribution in [2.75, 3.05) is 13.1 Å². The van der Waals surface area contributed by atoms with Gasteiger partial charge in [-0.05, 0) is 36.3 Å². The van der Waals surface area contributed by atoms with E-state index in [2.05, 4.69) is 36.2 Å². The zero-order valence-electron chi connectivity index (χ0n) is 13.7. The molecule has 0 saturated carbocycles. The van der Waals surface area contributed by atoms with Crippen molar-refractivity contribution in [3.05, 3.63) is 70.2 Å². The molecule has 2 rings (SSSR count). The third-order valence-electron chi connectivity index (χ3n) is 3.96. The molecular formula is C19H23ClN2O. The molecule has 0 aromatic heterocycles. The number of benzene rings is 2. The van der Waals surface area contributed by atoms with Crippen LogP contribution in [0.5, 0.6) is 0 Å². The molecule has 0 heterocycles. The number of carbonyl (C=O) groups is 1. The van der Waals surface area contributed by atoms with Gasteiger partial charge in [-0.1, -0.05) is 61.8 Å². The lowest BCUT2D eigenvalue weighted by atomic mass is 10.1. The normalized spacial score (nSPS) is 10.8. The Bertz CT molecular complexity index is 653. The molecule has 0 saturated heterocycles. The van der Waals surface area contributed by atoms with Crippen LogP contribution in [-0.2, 0) is 13.1 Å². The Kier molecular flexibility index (Phi) is 6.63. The fourth-order valence-electron chi connectivity index (χ4n) is 2.49. The van der Waals surface area contributed by atoms with Crippen molar-refractivity contribution in [3.8, 4) is 0 Å². The molecule has 0 aliphatic carbocycles. The van der Waals surface area contributed by atoms with Crippen LogP contribution in [0.3, 0.4) is 0 Å². The van der Waals surface area contributed by atoms with Gasteiger partial charge in [-0.25, -0.2) is 0 Å². The minimum absolute atomic E-state index is 0.145. The van der Waals surface area contributed by atoms with E-state index in [1.54, 1.807) is 12.1 Å². The highest BCUT2D eigenvalue weighted by molar-refractivity contribution is 6.33. The summed E-state index contributed by atoms with van der Waals surface area (Å²) in [6.07, 6.45) is 0. The molecule has 23 heavy (non-hydrogen) atoms. The molecule has 0 radical (unpaired) electrons. The molecule has 2 aromatic carbocycles. The van der Waals surface area contributed by atoms with Crippen LogP contribution in [-0.4, -0.2) is 23.9 Å². The van der Waals surface area contributed by atoms with Gasteiger partial charge in [0.05, 0.1) is 10.6 Å². The van der Waals surface area contributed by atoms with Crippen molar-refractivity contribution in [2.45, 2.75) is 26.9 Å². The third kappa shape index (κ3) is 4.81. The highest BCUT2D eigenvalue weighted by atomic mass is 35.5.